The Bertz CT molecular complexity index is 504. The molecule has 1 aliphatic rings. The van der Waals surface area contributed by atoms with E-state index in [1.165, 1.54) is 11.5 Å². The number of anilines is 1. The molecule has 3 heterocycles. The first kappa shape index (κ1) is 11.9. The van der Waals surface area contributed by atoms with E-state index in [-0.39, 0.29) is 6.10 Å². The molecule has 5 nitrogen and oxygen atoms in total. The third-order valence-corrected chi connectivity index (χ3v) is 3.95. The summed E-state index contributed by atoms with van der Waals surface area (Å²) in [6.45, 7) is 1.79. The van der Waals surface area contributed by atoms with Gasteiger partial charge in [0.15, 0.2) is 0 Å². The minimum Gasteiger partial charge on any atom is -0.472 e. The monoisotopic (exact) mass is 326 g/mol. The molecule has 1 atom stereocenters. The van der Waals surface area contributed by atoms with Crippen LogP contribution in [0.5, 0.6) is 5.88 Å². The Morgan fingerprint density at radius 1 is 1.39 bits per heavy atom. The van der Waals surface area contributed by atoms with E-state index >= 15 is 0 Å². The number of pyridine rings is 1. The van der Waals surface area contributed by atoms with Gasteiger partial charge in [0.25, 0.3) is 0 Å². The number of nitrogens with zero attached hydrogens (tertiary/aromatic N) is 4. The Labute approximate surface area is 117 Å². The van der Waals surface area contributed by atoms with Crippen LogP contribution in [-0.4, -0.2) is 33.5 Å². The lowest BCUT2D eigenvalue weighted by atomic mass is 10.3. The van der Waals surface area contributed by atoms with E-state index in [9.17, 15) is 0 Å². The van der Waals surface area contributed by atoms with Crippen molar-refractivity contribution in [1.29, 1.82) is 0 Å². The van der Waals surface area contributed by atoms with Crippen LogP contribution in [0.2, 0.25) is 0 Å². The van der Waals surface area contributed by atoms with E-state index < -0.39 is 0 Å². The second kappa shape index (κ2) is 5.19. The zero-order chi connectivity index (χ0) is 12.4. The summed E-state index contributed by atoms with van der Waals surface area (Å²) in [6.07, 6.45) is 4.48. The first-order valence-electron chi connectivity index (χ1n) is 5.61. The molecule has 2 aromatic heterocycles. The van der Waals surface area contributed by atoms with Crippen LogP contribution >= 0.6 is 27.5 Å². The Kier molecular flexibility index (Phi) is 3.42. The fraction of sp³-hybridized carbons (Fsp3) is 0.364. The lowest BCUT2D eigenvalue weighted by Crippen LogP contribution is -2.24. The van der Waals surface area contributed by atoms with Gasteiger partial charge in [-0.05, 0) is 22.0 Å². The lowest BCUT2D eigenvalue weighted by Gasteiger charge is -2.15. The molecule has 0 aliphatic carbocycles. The van der Waals surface area contributed by atoms with Crippen molar-refractivity contribution in [3.05, 3.63) is 29.1 Å². The van der Waals surface area contributed by atoms with Crippen LogP contribution in [0, 0.1) is 0 Å². The van der Waals surface area contributed by atoms with Crippen molar-refractivity contribution >= 4 is 32.6 Å². The molecule has 0 radical (unpaired) electrons. The second-order valence-electron chi connectivity index (χ2n) is 4.01. The van der Waals surface area contributed by atoms with E-state index in [0.29, 0.717) is 5.88 Å². The average Bonchev–Trinajstić information content (AvgIpc) is 3.02. The predicted molar refractivity (Wildman–Crippen MR) is 73.1 cm³/mol. The highest BCUT2D eigenvalue weighted by atomic mass is 79.9. The van der Waals surface area contributed by atoms with Crippen LogP contribution < -0.4 is 9.64 Å². The van der Waals surface area contributed by atoms with Crippen LogP contribution in [0.1, 0.15) is 6.42 Å². The van der Waals surface area contributed by atoms with Gasteiger partial charge >= 0.3 is 0 Å². The van der Waals surface area contributed by atoms with Crippen LogP contribution in [0.3, 0.4) is 0 Å². The van der Waals surface area contributed by atoms with Gasteiger partial charge in [-0.15, -0.1) is 0 Å². The average molecular weight is 327 g/mol. The van der Waals surface area contributed by atoms with E-state index in [1.807, 2.05) is 12.1 Å². The molecular weight excluding hydrogens is 316 g/mol. The maximum Gasteiger partial charge on any atom is 0.213 e. The first-order valence-corrected chi connectivity index (χ1v) is 7.18. The summed E-state index contributed by atoms with van der Waals surface area (Å²) < 4.78 is 10.8. The van der Waals surface area contributed by atoms with Crippen molar-refractivity contribution < 1.29 is 4.74 Å². The summed E-state index contributed by atoms with van der Waals surface area (Å²) in [4.78, 5) is 10.6. The van der Waals surface area contributed by atoms with Crippen molar-refractivity contribution in [1.82, 2.24) is 14.3 Å². The SMILES string of the molecule is Brc1ccc(OC2CCN(c3ncns3)C2)nc1. The number of ether oxygens (including phenoxy) is 1. The van der Waals surface area contributed by atoms with Gasteiger partial charge in [-0.3, -0.25) is 0 Å². The van der Waals surface area contributed by atoms with Gasteiger partial charge in [-0.2, -0.15) is 4.37 Å². The molecule has 0 N–H and O–H groups in total. The number of hydrogen-bond acceptors (Lipinski definition) is 6. The van der Waals surface area contributed by atoms with Gasteiger partial charge in [-0.25, -0.2) is 9.97 Å². The molecule has 0 saturated carbocycles. The van der Waals surface area contributed by atoms with Gasteiger partial charge < -0.3 is 9.64 Å². The summed E-state index contributed by atoms with van der Waals surface area (Å²) >= 11 is 4.77. The summed E-state index contributed by atoms with van der Waals surface area (Å²) in [5.74, 6) is 0.669. The quantitative estimate of drug-likeness (QED) is 0.866. The van der Waals surface area contributed by atoms with E-state index in [1.54, 1.807) is 12.5 Å². The smallest absolute Gasteiger partial charge is 0.213 e. The van der Waals surface area contributed by atoms with Crippen LogP contribution in [0.15, 0.2) is 29.1 Å². The minimum absolute atomic E-state index is 0.169. The molecule has 1 aliphatic heterocycles. The molecule has 1 fully saturated rings. The van der Waals surface area contributed by atoms with Crippen molar-refractivity contribution in [3.8, 4) is 5.88 Å². The second-order valence-corrected chi connectivity index (χ2v) is 5.69. The highest BCUT2D eigenvalue weighted by Crippen LogP contribution is 2.23. The number of halogens is 1. The number of rotatable bonds is 3. The molecule has 18 heavy (non-hydrogen) atoms. The third kappa shape index (κ3) is 2.62. The first-order chi connectivity index (χ1) is 8.81. The summed E-state index contributed by atoms with van der Waals surface area (Å²) in [5.41, 5.74) is 0. The lowest BCUT2D eigenvalue weighted by molar-refractivity contribution is 0.216. The molecule has 0 bridgehead atoms. The highest BCUT2D eigenvalue weighted by molar-refractivity contribution is 9.10. The molecule has 0 spiro atoms. The topological polar surface area (TPSA) is 51.1 Å². The standard InChI is InChI=1S/C11H11BrN4OS/c12-8-1-2-10(13-5-8)17-9-3-4-16(6-9)11-14-7-15-18-11/h1-2,5,7,9H,3-4,6H2. The molecular formula is C11H11BrN4OS. The van der Waals surface area contributed by atoms with Gasteiger partial charge in [0, 0.05) is 41.2 Å². The molecule has 0 amide bonds. The molecule has 0 aromatic carbocycles. The molecule has 2 aromatic rings. The number of hydrogen-bond donors (Lipinski definition) is 0. The van der Waals surface area contributed by atoms with Crippen LogP contribution in [0.25, 0.3) is 0 Å². The Morgan fingerprint density at radius 3 is 3.06 bits per heavy atom. The van der Waals surface area contributed by atoms with Crippen molar-refractivity contribution in [3.63, 3.8) is 0 Å². The molecule has 7 heteroatoms. The van der Waals surface area contributed by atoms with Gasteiger partial charge in [-0.1, -0.05) is 0 Å². The minimum atomic E-state index is 0.169. The fourth-order valence-corrected chi connectivity index (χ4v) is 2.71. The third-order valence-electron chi connectivity index (χ3n) is 2.75. The van der Waals surface area contributed by atoms with Gasteiger partial charge in [0.1, 0.15) is 12.4 Å². The summed E-state index contributed by atoms with van der Waals surface area (Å²) in [7, 11) is 0. The molecule has 94 valence electrons. The largest absolute Gasteiger partial charge is 0.472 e. The molecule has 3 rings (SSSR count). The predicted octanol–water partition coefficient (Wildman–Crippen LogP) is 2.35. The number of aromatic nitrogens is 3. The Hall–Kier alpha value is -1.21. The van der Waals surface area contributed by atoms with E-state index in [0.717, 1.165) is 29.1 Å². The zero-order valence-corrected chi connectivity index (χ0v) is 11.9. The Balaban J connectivity index is 1.61. The van der Waals surface area contributed by atoms with Crippen molar-refractivity contribution in [2.45, 2.75) is 12.5 Å². The molecule has 1 saturated heterocycles. The molecule has 1 unspecified atom stereocenters. The fourth-order valence-electron chi connectivity index (χ4n) is 1.91. The van der Waals surface area contributed by atoms with Crippen LogP contribution in [0.4, 0.5) is 5.13 Å². The van der Waals surface area contributed by atoms with Gasteiger partial charge in [0.05, 0.1) is 6.54 Å². The van der Waals surface area contributed by atoms with Crippen LogP contribution in [-0.2, 0) is 0 Å². The van der Waals surface area contributed by atoms with E-state index in [2.05, 4.69) is 35.2 Å². The zero-order valence-electron chi connectivity index (χ0n) is 9.49. The highest BCUT2D eigenvalue weighted by Gasteiger charge is 2.26. The normalized spacial score (nSPS) is 19.2. The van der Waals surface area contributed by atoms with E-state index in [4.69, 9.17) is 4.74 Å². The van der Waals surface area contributed by atoms with Crippen molar-refractivity contribution in [2.75, 3.05) is 18.0 Å². The summed E-state index contributed by atoms with van der Waals surface area (Å²) in [6, 6.07) is 3.80. The van der Waals surface area contributed by atoms with Gasteiger partial charge in [0.2, 0.25) is 11.0 Å². The Morgan fingerprint density at radius 2 is 2.33 bits per heavy atom. The summed E-state index contributed by atoms with van der Waals surface area (Å²) in [5, 5.41) is 0.963. The maximum absolute atomic E-state index is 5.84. The maximum atomic E-state index is 5.84. The van der Waals surface area contributed by atoms with Crippen molar-refractivity contribution in [2.24, 2.45) is 0 Å².